The number of carbonyl (C=O) groups is 1. The maximum Gasteiger partial charge on any atom is 0.255 e. The maximum atomic E-state index is 12.4. The summed E-state index contributed by atoms with van der Waals surface area (Å²) < 4.78 is 5.43. The van der Waals surface area contributed by atoms with E-state index in [9.17, 15) is 9.90 Å². The number of rotatable bonds is 5. The molecule has 3 rings (SSSR count). The summed E-state index contributed by atoms with van der Waals surface area (Å²) in [6, 6.07) is 19.9. The Hall–Kier alpha value is -2.98. The fourth-order valence-electron chi connectivity index (χ4n) is 2.66. The molecule has 0 spiro atoms. The van der Waals surface area contributed by atoms with Gasteiger partial charge >= 0.3 is 0 Å². The van der Waals surface area contributed by atoms with Gasteiger partial charge in [0.25, 0.3) is 5.91 Å². The van der Waals surface area contributed by atoms with E-state index in [4.69, 9.17) is 16.3 Å². The number of halogens is 1. The molecule has 0 aliphatic heterocycles. The summed E-state index contributed by atoms with van der Waals surface area (Å²) in [5.41, 5.74) is 3.15. The predicted octanol–water partition coefficient (Wildman–Crippen LogP) is 4.90. The highest BCUT2D eigenvalue weighted by Gasteiger charge is 2.11. The van der Waals surface area contributed by atoms with Crippen LogP contribution < -0.4 is 10.1 Å². The number of phenols is 1. The first kappa shape index (κ1) is 17.8. The number of phenolic OH excluding ortho intramolecular Hbond substituents is 1. The van der Waals surface area contributed by atoms with E-state index in [1.807, 2.05) is 42.5 Å². The second kappa shape index (κ2) is 7.93. The highest BCUT2D eigenvalue weighted by molar-refractivity contribution is 6.32. The van der Waals surface area contributed by atoms with E-state index in [1.165, 1.54) is 18.2 Å². The molecule has 0 aliphatic carbocycles. The molecule has 0 unspecified atom stereocenters. The van der Waals surface area contributed by atoms with Crippen LogP contribution in [-0.4, -0.2) is 18.1 Å². The van der Waals surface area contributed by atoms with Gasteiger partial charge in [-0.25, -0.2) is 0 Å². The molecule has 4 nitrogen and oxygen atoms in total. The quantitative estimate of drug-likeness (QED) is 0.674. The van der Waals surface area contributed by atoms with Crippen LogP contribution in [0.1, 0.15) is 21.5 Å². The van der Waals surface area contributed by atoms with Gasteiger partial charge in [-0.3, -0.25) is 4.79 Å². The monoisotopic (exact) mass is 367 g/mol. The molecular weight excluding hydrogens is 350 g/mol. The molecule has 0 radical (unpaired) electrons. The summed E-state index contributed by atoms with van der Waals surface area (Å²) in [4.78, 5) is 12.4. The summed E-state index contributed by atoms with van der Waals surface area (Å²) in [6.45, 7) is 0. The lowest BCUT2D eigenvalue weighted by molar-refractivity contribution is 0.102. The molecule has 0 aliphatic rings. The molecule has 0 aromatic heterocycles. The minimum absolute atomic E-state index is 0.0576. The Morgan fingerprint density at radius 2 is 1.85 bits per heavy atom. The summed E-state index contributed by atoms with van der Waals surface area (Å²) in [7, 11) is 1.63. The SMILES string of the molecule is COc1ccc(NC(=O)c2ccc(O)c(Cl)c2)cc1Cc1ccccc1. The number of nitrogens with one attached hydrogen (secondary N) is 1. The van der Waals surface area contributed by atoms with Crippen LogP contribution in [0.15, 0.2) is 66.7 Å². The van der Waals surface area contributed by atoms with E-state index < -0.39 is 0 Å². The van der Waals surface area contributed by atoms with E-state index in [1.54, 1.807) is 13.2 Å². The van der Waals surface area contributed by atoms with E-state index in [0.717, 1.165) is 16.9 Å². The molecule has 132 valence electrons. The second-order valence-corrected chi connectivity index (χ2v) is 6.22. The first-order valence-corrected chi connectivity index (χ1v) is 8.45. The van der Waals surface area contributed by atoms with Crippen LogP contribution in [0.2, 0.25) is 5.02 Å². The molecule has 0 saturated heterocycles. The van der Waals surface area contributed by atoms with Crippen LogP contribution >= 0.6 is 11.6 Å². The molecular formula is C21H18ClNO3. The van der Waals surface area contributed by atoms with Gasteiger partial charge in [0.2, 0.25) is 0 Å². The number of amides is 1. The zero-order valence-electron chi connectivity index (χ0n) is 14.2. The molecule has 3 aromatic rings. The van der Waals surface area contributed by atoms with Crippen molar-refractivity contribution >= 4 is 23.2 Å². The van der Waals surface area contributed by atoms with Gasteiger partial charge in [-0.15, -0.1) is 0 Å². The highest BCUT2D eigenvalue weighted by Crippen LogP contribution is 2.27. The van der Waals surface area contributed by atoms with Crippen molar-refractivity contribution in [3.63, 3.8) is 0 Å². The van der Waals surface area contributed by atoms with Crippen LogP contribution in [-0.2, 0) is 6.42 Å². The van der Waals surface area contributed by atoms with Crippen molar-refractivity contribution in [1.82, 2.24) is 0 Å². The third-order valence-electron chi connectivity index (χ3n) is 3.99. The number of carbonyl (C=O) groups excluding carboxylic acids is 1. The van der Waals surface area contributed by atoms with Crippen LogP contribution in [0.4, 0.5) is 5.69 Å². The lowest BCUT2D eigenvalue weighted by atomic mass is 10.0. The zero-order chi connectivity index (χ0) is 18.5. The number of aromatic hydroxyl groups is 1. The van der Waals surface area contributed by atoms with Gasteiger partial charge in [0.15, 0.2) is 0 Å². The van der Waals surface area contributed by atoms with Crippen molar-refractivity contribution in [1.29, 1.82) is 0 Å². The minimum Gasteiger partial charge on any atom is -0.506 e. The molecule has 26 heavy (non-hydrogen) atoms. The molecule has 0 atom stereocenters. The van der Waals surface area contributed by atoms with Gasteiger partial charge < -0.3 is 15.2 Å². The first-order chi connectivity index (χ1) is 12.6. The van der Waals surface area contributed by atoms with Gasteiger partial charge in [-0.05, 0) is 42.0 Å². The summed E-state index contributed by atoms with van der Waals surface area (Å²) >= 11 is 5.87. The van der Waals surface area contributed by atoms with E-state index in [-0.39, 0.29) is 16.7 Å². The van der Waals surface area contributed by atoms with Gasteiger partial charge in [0.05, 0.1) is 12.1 Å². The van der Waals surface area contributed by atoms with E-state index in [0.29, 0.717) is 17.7 Å². The van der Waals surface area contributed by atoms with E-state index >= 15 is 0 Å². The smallest absolute Gasteiger partial charge is 0.255 e. The van der Waals surface area contributed by atoms with Crippen LogP contribution in [0.3, 0.4) is 0 Å². The molecule has 2 N–H and O–H groups in total. The van der Waals surface area contributed by atoms with Gasteiger partial charge in [-0.2, -0.15) is 0 Å². The summed E-state index contributed by atoms with van der Waals surface area (Å²) in [5, 5.41) is 12.5. The van der Waals surface area contributed by atoms with E-state index in [2.05, 4.69) is 5.32 Å². The third kappa shape index (κ3) is 4.16. The second-order valence-electron chi connectivity index (χ2n) is 5.81. The number of hydrogen-bond acceptors (Lipinski definition) is 3. The van der Waals surface area contributed by atoms with Crippen molar-refractivity contribution in [2.24, 2.45) is 0 Å². The normalized spacial score (nSPS) is 10.4. The van der Waals surface area contributed by atoms with Gasteiger partial charge in [0, 0.05) is 23.2 Å². The summed E-state index contributed by atoms with van der Waals surface area (Å²) in [6.07, 6.45) is 0.693. The molecule has 5 heteroatoms. The molecule has 0 fully saturated rings. The molecule has 0 saturated carbocycles. The average Bonchev–Trinajstić information content (AvgIpc) is 2.65. The minimum atomic E-state index is -0.303. The number of anilines is 1. The van der Waals surface area contributed by atoms with Crippen LogP contribution in [0, 0.1) is 0 Å². The van der Waals surface area contributed by atoms with Crippen molar-refractivity contribution < 1.29 is 14.6 Å². The fraction of sp³-hybridized carbons (Fsp3) is 0.0952. The Balaban J connectivity index is 1.82. The molecule has 1 amide bonds. The maximum absolute atomic E-state index is 12.4. The predicted molar refractivity (Wildman–Crippen MR) is 103 cm³/mol. The van der Waals surface area contributed by atoms with Gasteiger partial charge in [-0.1, -0.05) is 41.9 Å². The number of methoxy groups -OCH3 is 1. The molecule has 0 heterocycles. The lowest BCUT2D eigenvalue weighted by Gasteiger charge is -2.12. The zero-order valence-corrected chi connectivity index (χ0v) is 15.0. The Labute approximate surface area is 157 Å². The Morgan fingerprint density at radius 1 is 1.08 bits per heavy atom. The van der Waals surface area contributed by atoms with Crippen molar-refractivity contribution in [2.75, 3.05) is 12.4 Å². The van der Waals surface area contributed by atoms with Crippen LogP contribution in [0.5, 0.6) is 11.5 Å². The summed E-state index contributed by atoms with van der Waals surface area (Å²) in [5.74, 6) is 0.403. The molecule has 0 bridgehead atoms. The fourth-order valence-corrected chi connectivity index (χ4v) is 2.84. The first-order valence-electron chi connectivity index (χ1n) is 8.07. The molecule has 3 aromatic carbocycles. The van der Waals surface area contributed by atoms with Crippen molar-refractivity contribution in [3.8, 4) is 11.5 Å². The van der Waals surface area contributed by atoms with Crippen LogP contribution in [0.25, 0.3) is 0 Å². The number of benzene rings is 3. The Bertz CT molecular complexity index is 926. The number of hydrogen-bond donors (Lipinski definition) is 2. The van der Waals surface area contributed by atoms with Crippen molar-refractivity contribution in [3.05, 3.63) is 88.4 Å². The standard InChI is InChI=1S/C21H18ClNO3/c1-26-20-10-8-17(12-16(20)11-14-5-3-2-4-6-14)23-21(25)15-7-9-19(24)18(22)13-15/h2-10,12-13,24H,11H2,1H3,(H,23,25). The Morgan fingerprint density at radius 3 is 2.54 bits per heavy atom. The van der Waals surface area contributed by atoms with Crippen molar-refractivity contribution in [2.45, 2.75) is 6.42 Å². The average molecular weight is 368 g/mol. The lowest BCUT2D eigenvalue weighted by Crippen LogP contribution is -2.12. The largest absolute Gasteiger partial charge is 0.506 e. The third-order valence-corrected chi connectivity index (χ3v) is 4.29. The highest BCUT2D eigenvalue weighted by atomic mass is 35.5. The number of ether oxygens (including phenoxy) is 1. The van der Waals surface area contributed by atoms with Gasteiger partial charge in [0.1, 0.15) is 11.5 Å². The Kier molecular flexibility index (Phi) is 5.44. The topological polar surface area (TPSA) is 58.6 Å².